The van der Waals surface area contributed by atoms with Crippen LogP contribution in [-0.4, -0.2) is 52.5 Å². The van der Waals surface area contributed by atoms with E-state index >= 15 is 0 Å². The van der Waals surface area contributed by atoms with E-state index in [0.717, 1.165) is 11.3 Å². The molecule has 0 saturated heterocycles. The molecule has 1 aromatic rings. The summed E-state index contributed by atoms with van der Waals surface area (Å²) in [6.07, 6.45) is 0. The molecule has 1 aromatic heterocycles. The van der Waals surface area contributed by atoms with Crippen molar-refractivity contribution in [2.24, 2.45) is 0 Å². The maximum atomic E-state index is 12.1. The molecule has 0 aliphatic rings. The highest BCUT2D eigenvalue weighted by molar-refractivity contribution is 7.89. The van der Waals surface area contributed by atoms with Crippen LogP contribution in [0.15, 0.2) is 16.3 Å². The minimum atomic E-state index is -3.91. The SMILES string of the molecule is COCC(C)(O)CNS(=O)(=O)c1ccsc1C(=O)OC. The third-order valence-electron chi connectivity index (χ3n) is 2.39. The zero-order chi connectivity index (χ0) is 15.4. The van der Waals surface area contributed by atoms with Crippen molar-refractivity contribution in [3.8, 4) is 0 Å². The summed E-state index contributed by atoms with van der Waals surface area (Å²) in [5.74, 6) is -0.718. The number of aliphatic hydroxyl groups is 1. The van der Waals surface area contributed by atoms with Gasteiger partial charge in [-0.1, -0.05) is 0 Å². The molecule has 0 radical (unpaired) electrons. The number of carbonyl (C=O) groups is 1. The number of methoxy groups -OCH3 is 2. The number of sulfonamides is 1. The van der Waals surface area contributed by atoms with Crippen LogP contribution in [0.25, 0.3) is 0 Å². The zero-order valence-electron chi connectivity index (χ0n) is 11.4. The smallest absolute Gasteiger partial charge is 0.349 e. The lowest BCUT2D eigenvalue weighted by Gasteiger charge is -2.22. The minimum absolute atomic E-state index is 0.00798. The number of carbonyl (C=O) groups excluding carboxylic acids is 1. The third-order valence-corrected chi connectivity index (χ3v) is 4.85. The number of rotatable bonds is 7. The summed E-state index contributed by atoms with van der Waals surface area (Å²) in [5, 5.41) is 11.3. The van der Waals surface area contributed by atoms with Gasteiger partial charge in [-0.15, -0.1) is 11.3 Å². The first-order valence-corrected chi connectivity index (χ1v) is 7.96. The molecule has 114 valence electrons. The van der Waals surface area contributed by atoms with E-state index in [9.17, 15) is 18.3 Å². The van der Waals surface area contributed by atoms with Gasteiger partial charge >= 0.3 is 5.97 Å². The van der Waals surface area contributed by atoms with E-state index in [-0.39, 0.29) is 22.9 Å². The van der Waals surface area contributed by atoms with Crippen LogP contribution < -0.4 is 4.72 Å². The molecule has 9 heteroatoms. The fourth-order valence-corrected chi connectivity index (χ4v) is 3.94. The first kappa shape index (κ1) is 17.1. The summed E-state index contributed by atoms with van der Waals surface area (Å²) in [7, 11) is -1.33. The lowest BCUT2D eigenvalue weighted by molar-refractivity contribution is -0.0119. The molecule has 1 heterocycles. The van der Waals surface area contributed by atoms with E-state index in [0.29, 0.717) is 0 Å². The fourth-order valence-electron chi connectivity index (χ4n) is 1.44. The van der Waals surface area contributed by atoms with Gasteiger partial charge in [0, 0.05) is 13.7 Å². The molecule has 20 heavy (non-hydrogen) atoms. The maximum Gasteiger partial charge on any atom is 0.349 e. The summed E-state index contributed by atoms with van der Waals surface area (Å²) >= 11 is 0.972. The van der Waals surface area contributed by atoms with Crippen LogP contribution in [0.5, 0.6) is 0 Å². The van der Waals surface area contributed by atoms with Gasteiger partial charge in [0.2, 0.25) is 10.0 Å². The molecule has 0 spiro atoms. The second-order valence-corrected chi connectivity index (χ2v) is 7.01. The zero-order valence-corrected chi connectivity index (χ0v) is 13.0. The molecule has 0 amide bonds. The molecular weight excluding hydrogens is 306 g/mol. The first-order chi connectivity index (χ1) is 9.23. The predicted molar refractivity (Wildman–Crippen MR) is 73.3 cm³/mol. The Kier molecular flexibility index (Phi) is 5.66. The molecule has 7 nitrogen and oxygen atoms in total. The number of nitrogens with one attached hydrogen (secondary N) is 1. The molecule has 0 bridgehead atoms. The number of thiophene rings is 1. The van der Waals surface area contributed by atoms with Gasteiger partial charge < -0.3 is 14.6 Å². The summed E-state index contributed by atoms with van der Waals surface area (Å²) in [4.78, 5) is 11.3. The summed E-state index contributed by atoms with van der Waals surface area (Å²) in [6, 6.07) is 1.31. The van der Waals surface area contributed by atoms with Gasteiger partial charge in [0.1, 0.15) is 9.77 Å². The van der Waals surface area contributed by atoms with Crippen LogP contribution >= 0.6 is 11.3 Å². The molecule has 2 N–H and O–H groups in total. The van der Waals surface area contributed by atoms with Crippen LogP contribution in [0, 0.1) is 0 Å². The average Bonchev–Trinajstić information content (AvgIpc) is 2.86. The van der Waals surface area contributed by atoms with E-state index < -0.39 is 21.6 Å². The van der Waals surface area contributed by atoms with E-state index in [1.54, 1.807) is 0 Å². The van der Waals surface area contributed by atoms with Crippen molar-refractivity contribution in [3.05, 3.63) is 16.3 Å². The Morgan fingerprint density at radius 1 is 1.50 bits per heavy atom. The average molecular weight is 323 g/mol. The highest BCUT2D eigenvalue weighted by Gasteiger charge is 2.28. The Labute approximate surface area is 121 Å². The maximum absolute atomic E-state index is 12.1. The van der Waals surface area contributed by atoms with Crippen LogP contribution in [0.1, 0.15) is 16.6 Å². The minimum Gasteiger partial charge on any atom is -0.465 e. The number of hydrogen-bond acceptors (Lipinski definition) is 7. The summed E-state index contributed by atoms with van der Waals surface area (Å²) in [6.45, 7) is 1.18. The van der Waals surface area contributed by atoms with Crippen LogP contribution in [0.4, 0.5) is 0 Å². The molecule has 0 aliphatic carbocycles. The van der Waals surface area contributed by atoms with Gasteiger partial charge in [0.25, 0.3) is 0 Å². The van der Waals surface area contributed by atoms with Crippen LogP contribution in [0.3, 0.4) is 0 Å². The lowest BCUT2D eigenvalue weighted by Crippen LogP contribution is -2.43. The first-order valence-electron chi connectivity index (χ1n) is 5.60. The number of esters is 1. The Morgan fingerprint density at radius 2 is 2.15 bits per heavy atom. The molecule has 0 fully saturated rings. The van der Waals surface area contributed by atoms with Crippen molar-refractivity contribution in [1.82, 2.24) is 4.72 Å². The highest BCUT2D eigenvalue weighted by Crippen LogP contribution is 2.22. The lowest BCUT2D eigenvalue weighted by atomic mass is 10.1. The van der Waals surface area contributed by atoms with E-state index in [1.165, 1.54) is 32.6 Å². The molecule has 0 saturated carbocycles. The second-order valence-electron chi connectivity index (χ2n) is 4.36. The molecular formula is C11H17NO6S2. The quantitative estimate of drug-likeness (QED) is 0.696. The molecule has 1 rings (SSSR count). The van der Waals surface area contributed by atoms with Crippen molar-refractivity contribution in [2.45, 2.75) is 17.4 Å². The molecule has 1 atom stereocenters. The normalized spacial score (nSPS) is 14.8. The van der Waals surface area contributed by atoms with Gasteiger partial charge in [-0.05, 0) is 18.4 Å². The predicted octanol–water partition coefficient (Wildman–Crippen LogP) is 0.210. The van der Waals surface area contributed by atoms with Gasteiger partial charge in [-0.2, -0.15) is 0 Å². The topological polar surface area (TPSA) is 102 Å². The molecule has 0 aliphatic heterocycles. The third kappa shape index (κ3) is 4.25. The molecule has 1 unspecified atom stereocenters. The molecule has 0 aromatic carbocycles. The fraction of sp³-hybridized carbons (Fsp3) is 0.545. The van der Waals surface area contributed by atoms with Crippen molar-refractivity contribution >= 4 is 27.3 Å². The highest BCUT2D eigenvalue weighted by atomic mass is 32.2. The Bertz CT molecular complexity index is 563. The van der Waals surface area contributed by atoms with Gasteiger partial charge in [0.05, 0.1) is 19.3 Å². The summed E-state index contributed by atoms with van der Waals surface area (Å²) in [5.41, 5.74) is -1.34. The Morgan fingerprint density at radius 3 is 2.70 bits per heavy atom. The van der Waals surface area contributed by atoms with Gasteiger partial charge in [0.15, 0.2) is 0 Å². The van der Waals surface area contributed by atoms with Crippen molar-refractivity contribution in [1.29, 1.82) is 0 Å². The number of ether oxygens (including phenoxy) is 2. The van der Waals surface area contributed by atoms with E-state index in [1.807, 2.05) is 0 Å². The van der Waals surface area contributed by atoms with E-state index in [2.05, 4.69) is 9.46 Å². The van der Waals surface area contributed by atoms with Gasteiger partial charge in [-0.25, -0.2) is 17.9 Å². The second kappa shape index (κ2) is 6.64. The van der Waals surface area contributed by atoms with Gasteiger partial charge in [-0.3, -0.25) is 0 Å². The van der Waals surface area contributed by atoms with E-state index in [4.69, 9.17) is 4.74 Å². The van der Waals surface area contributed by atoms with Crippen molar-refractivity contribution in [2.75, 3.05) is 27.4 Å². The number of hydrogen-bond donors (Lipinski definition) is 2. The Hall–Kier alpha value is -1.00. The van der Waals surface area contributed by atoms with Crippen LogP contribution in [0.2, 0.25) is 0 Å². The van der Waals surface area contributed by atoms with Crippen molar-refractivity contribution < 1.29 is 27.8 Å². The monoisotopic (exact) mass is 323 g/mol. The standard InChI is InChI=1S/C11H17NO6S2/c1-11(14,7-17-2)6-12-20(15,16)8-4-5-19-9(8)10(13)18-3/h4-5,12,14H,6-7H2,1-3H3. The summed E-state index contributed by atoms with van der Waals surface area (Å²) < 4.78 is 35.8. The largest absolute Gasteiger partial charge is 0.465 e. The van der Waals surface area contributed by atoms with Crippen molar-refractivity contribution in [3.63, 3.8) is 0 Å². The Balaban J connectivity index is 2.90. The van der Waals surface area contributed by atoms with Crippen LogP contribution in [-0.2, 0) is 19.5 Å².